The van der Waals surface area contributed by atoms with Gasteiger partial charge >= 0.3 is 0 Å². The SMILES string of the molecule is CCC(Oc1ccc2ccccc2c1)C(=O)NCCCc1ccc(OC)c(OC)c1. The van der Waals surface area contributed by atoms with Crippen molar-refractivity contribution < 1.29 is 19.0 Å². The summed E-state index contributed by atoms with van der Waals surface area (Å²) in [4.78, 5) is 12.6. The van der Waals surface area contributed by atoms with E-state index in [0.29, 0.717) is 30.2 Å². The van der Waals surface area contributed by atoms with Crippen LogP contribution in [0.2, 0.25) is 0 Å². The number of rotatable bonds is 10. The topological polar surface area (TPSA) is 56.8 Å². The third-order valence-electron chi connectivity index (χ3n) is 5.05. The van der Waals surface area contributed by atoms with Crippen molar-refractivity contribution in [3.8, 4) is 17.2 Å². The highest BCUT2D eigenvalue weighted by atomic mass is 16.5. The summed E-state index contributed by atoms with van der Waals surface area (Å²) in [5, 5.41) is 5.24. The summed E-state index contributed by atoms with van der Waals surface area (Å²) < 4.78 is 16.6. The fraction of sp³-hybridized carbons (Fsp3) is 0.320. The van der Waals surface area contributed by atoms with Crippen LogP contribution in [0.5, 0.6) is 17.2 Å². The Balaban J connectivity index is 1.50. The Bertz CT molecular complexity index is 986. The third kappa shape index (κ3) is 5.44. The van der Waals surface area contributed by atoms with Crippen LogP contribution in [0.15, 0.2) is 60.7 Å². The molecule has 30 heavy (non-hydrogen) atoms. The molecule has 1 amide bonds. The van der Waals surface area contributed by atoms with Crippen LogP contribution >= 0.6 is 0 Å². The van der Waals surface area contributed by atoms with Gasteiger partial charge in [0.25, 0.3) is 5.91 Å². The molecule has 0 saturated heterocycles. The van der Waals surface area contributed by atoms with Gasteiger partial charge in [-0.25, -0.2) is 0 Å². The molecule has 0 saturated carbocycles. The molecule has 0 radical (unpaired) electrons. The second-order valence-electron chi connectivity index (χ2n) is 7.11. The van der Waals surface area contributed by atoms with E-state index in [-0.39, 0.29) is 5.91 Å². The van der Waals surface area contributed by atoms with Gasteiger partial charge in [-0.05, 0) is 59.9 Å². The first-order valence-corrected chi connectivity index (χ1v) is 10.3. The van der Waals surface area contributed by atoms with Gasteiger partial charge in [-0.15, -0.1) is 0 Å². The lowest BCUT2D eigenvalue weighted by Crippen LogP contribution is -2.38. The Morgan fingerprint density at radius 3 is 2.43 bits per heavy atom. The molecule has 1 atom stereocenters. The Morgan fingerprint density at radius 2 is 1.70 bits per heavy atom. The van der Waals surface area contributed by atoms with Gasteiger partial charge in [0.15, 0.2) is 17.6 Å². The normalized spacial score (nSPS) is 11.7. The van der Waals surface area contributed by atoms with E-state index in [1.807, 2.05) is 61.5 Å². The highest BCUT2D eigenvalue weighted by Crippen LogP contribution is 2.28. The molecular weight excluding hydrogens is 378 g/mol. The Kier molecular flexibility index (Phi) is 7.55. The van der Waals surface area contributed by atoms with E-state index < -0.39 is 6.10 Å². The van der Waals surface area contributed by atoms with E-state index in [9.17, 15) is 4.79 Å². The van der Waals surface area contributed by atoms with Crippen molar-refractivity contribution in [3.05, 3.63) is 66.2 Å². The molecule has 3 rings (SSSR count). The summed E-state index contributed by atoms with van der Waals surface area (Å²) >= 11 is 0. The molecule has 0 aliphatic carbocycles. The van der Waals surface area contributed by atoms with Crippen molar-refractivity contribution in [1.29, 1.82) is 0 Å². The minimum Gasteiger partial charge on any atom is -0.493 e. The van der Waals surface area contributed by atoms with Gasteiger partial charge in [0, 0.05) is 6.54 Å². The van der Waals surface area contributed by atoms with Crippen LogP contribution in [0.4, 0.5) is 0 Å². The predicted molar refractivity (Wildman–Crippen MR) is 120 cm³/mol. The number of aryl methyl sites for hydroxylation is 1. The smallest absolute Gasteiger partial charge is 0.261 e. The molecule has 5 heteroatoms. The van der Waals surface area contributed by atoms with Crippen LogP contribution in [-0.2, 0) is 11.2 Å². The summed E-state index contributed by atoms with van der Waals surface area (Å²) in [6.07, 6.45) is 1.76. The second kappa shape index (κ2) is 10.5. The molecule has 0 aliphatic rings. The lowest BCUT2D eigenvalue weighted by atomic mass is 10.1. The first-order chi connectivity index (χ1) is 14.6. The van der Waals surface area contributed by atoms with Crippen LogP contribution in [0, 0.1) is 0 Å². The molecule has 0 fully saturated rings. The molecule has 3 aromatic carbocycles. The third-order valence-corrected chi connectivity index (χ3v) is 5.05. The molecule has 3 aromatic rings. The number of nitrogens with one attached hydrogen (secondary N) is 1. The number of hydrogen-bond donors (Lipinski definition) is 1. The zero-order chi connectivity index (χ0) is 21.3. The number of carbonyl (C=O) groups excluding carboxylic acids is 1. The number of fused-ring (bicyclic) bond motifs is 1. The number of methoxy groups -OCH3 is 2. The minimum atomic E-state index is -0.507. The largest absolute Gasteiger partial charge is 0.493 e. The fourth-order valence-corrected chi connectivity index (χ4v) is 3.38. The van der Waals surface area contributed by atoms with Crippen molar-refractivity contribution in [2.24, 2.45) is 0 Å². The highest BCUT2D eigenvalue weighted by Gasteiger charge is 2.18. The molecule has 0 aromatic heterocycles. The Hall–Kier alpha value is -3.21. The van der Waals surface area contributed by atoms with Gasteiger partial charge in [-0.3, -0.25) is 4.79 Å². The summed E-state index contributed by atoms with van der Waals surface area (Å²) in [5.74, 6) is 2.05. The van der Waals surface area contributed by atoms with Gasteiger partial charge in [-0.1, -0.05) is 43.3 Å². The first-order valence-electron chi connectivity index (χ1n) is 10.3. The van der Waals surface area contributed by atoms with Gasteiger partial charge in [0.05, 0.1) is 14.2 Å². The van der Waals surface area contributed by atoms with Gasteiger partial charge in [0.1, 0.15) is 5.75 Å². The van der Waals surface area contributed by atoms with Crippen LogP contribution in [0.25, 0.3) is 10.8 Å². The molecule has 0 bridgehead atoms. The number of ether oxygens (including phenoxy) is 3. The number of carbonyl (C=O) groups is 1. The lowest BCUT2D eigenvalue weighted by Gasteiger charge is -2.17. The van der Waals surface area contributed by atoms with Crippen LogP contribution in [0.3, 0.4) is 0 Å². The standard InChI is InChI=1S/C25H29NO4/c1-4-22(30-21-13-12-19-9-5-6-10-20(19)17-21)25(27)26-15-7-8-18-11-14-23(28-2)24(16-18)29-3/h5-6,9-14,16-17,22H,4,7-8,15H2,1-3H3,(H,26,27). The lowest BCUT2D eigenvalue weighted by molar-refractivity contribution is -0.128. The minimum absolute atomic E-state index is 0.0852. The highest BCUT2D eigenvalue weighted by molar-refractivity contribution is 5.84. The van der Waals surface area contributed by atoms with E-state index in [2.05, 4.69) is 11.4 Å². The molecule has 1 N–H and O–H groups in total. The Labute approximate surface area is 178 Å². The van der Waals surface area contributed by atoms with Crippen molar-refractivity contribution in [3.63, 3.8) is 0 Å². The summed E-state index contributed by atoms with van der Waals surface area (Å²) in [6.45, 7) is 2.54. The molecular formula is C25H29NO4. The van der Waals surface area contributed by atoms with Crippen molar-refractivity contribution in [1.82, 2.24) is 5.32 Å². The Morgan fingerprint density at radius 1 is 0.933 bits per heavy atom. The fourth-order valence-electron chi connectivity index (χ4n) is 3.38. The summed E-state index contributed by atoms with van der Waals surface area (Å²) in [6, 6.07) is 19.9. The van der Waals surface area contributed by atoms with Crippen molar-refractivity contribution in [2.75, 3.05) is 20.8 Å². The average molecular weight is 408 g/mol. The van der Waals surface area contributed by atoms with E-state index in [4.69, 9.17) is 14.2 Å². The monoisotopic (exact) mass is 407 g/mol. The quantitative estimate of drug-likeness (QED) is 0.492. The molecule has 1 unspecified atom stereocenters. The van der Waals surface area contributed by atoms with Crippen LogP contribution < -0.4 is 19.5 Å². The van der Waals surface area contributed by atoms with E-state index >= 15 is 0 Å². The number of hydrogen-bond acceptors (Lipinski definition) is 4. The van der Waals surface area contributed by atoms with E-state index in [1.165, 1.54) is 0 Å². The van der Waals surface area contributed by atoms with Crippen molar-refractivity contribution in [2.45, 2.75) is 32.3 Å². The van der Waals surface area contributed by atoms with E-state index in [1.54, 1.807) is 14.2 Å². The molecule has 5 nitrogen and oxygen atoms in total. The van der Waals surface area contributed by atoms with Crippen LogP contribution in [0.1, 0.15) is 25.3 Å². The second-order valence-corrected chi connectivity index (χ2v) is 7.11. The van der Waals surface area contributed by atoms with Crippen molar-refractivity contribution >= 4 is 16.7 Å². The zero-order valence-electron chi connectivity index (χ0n) is 17.8. The number of benzene rings is 3. The maximum Gasteiger partial charge on any atom is 0.261 e. The molecule has 158 valence electrons. The maximum absolute atomic E-state index is 12.6. The first kappa shape index (κ1) is 21.5. The average Bonchev–Trinajstić information content (AvgIpc) is 2.79. The maximum atomic E-state index is 12.6. The molecule has 0 spiro atoms. The van der Waals surface area contributed by atoms with Crippen LogP contribution in [-0.4, -0.2) is 32.8 Å². The summed E-state index contributed by atoms with van der Waals surface area (Å²) in [7, 11) is 3.25. The van der Waals surface area contributed by atoms with E-state index in [0.717, 1.165) is 29.2 Å². The summed E-state index contributed by atoms with van der Waals surface area (Å²) in [5.41, 5.74) is 1.14. The zero-order valence-corrected chi connectivity index (χ0v) is 17.8. The van der Waals surface area contributed by atoms with Gasteiger partial charge in [-0.2, -0.15) is 0 Å². The molecule has 0 aliphatic heterocycles. The number of amides is 1. The van der Waals surface area contributed by atoms with Gasteiger partial charge in [0.2, 0.25) is 0 Å². The predicted octanol–water partition coefficient (Wildman–Crippen LogP) is 4.76. The van der Waals surface area contributed by atoms with Gasteiger partial charge < -0.3 is 19.5 Å². The molecule has 0 heterocycles.